The molecule has 0 radical (unpaired) electrons. The number of aromatic nitrogens is 2. The van der Waals surface area contributed by atoms with Crippen LogP contribution in [-0.4, -0.2) is 38.0 Å². The second kappa shape index (κ2) is 7.45. The van der Waals surface area contributed by atoms with Crippen LogP contribution >= 0.6 is 0 Å². The summed E-state index contributed by atoms with van der Waals surface area (Å²) in [6, 6.07) is 14.2. The van der Waals surface area contributed by atoms with Crippen LogP contribution in [0.15, 0.2) is 53.1 Å². The van der Waals surface area contributed by atoms with Gasteiger partial charge in [-0.2, -0.15) is 5.10 Å². The molecule has 0 amide bonds. The summed E-state index contributed by atoms with van der Waals surface area (Å²) in [5, 5.41) is 23.4. The Labute approximate surface area is 152 Å². The van der Waals surface area contributed by atoms with Crippen molar-refractivity contribution < 1.29 is 14.6 Å². The Morgan fingerprint density at radius 2 is 2.00 bits per heavy atom. The van der Waals surface area contributed by atoms with Crippen LogP contribution in [0, 0.1) is 0 Å². The Kier molecular flexibility index (Phi) is 4.88. The predicted molar refractivity (Wildman–Crippen MR) is 97.1 cm³/mol. The van der Waals surface area contributed by atoms with Gasteiger partial charge in [-0.3, -0.25) is 9.58 Å². The molecule has 2 N–H and O–H groups in total. The third-order valence-corrected chi connectivity index (χ3v) is 4.79. The van der Waals surface area contributed by atoms with Gasteiger partial charge in [-0.1, -0.05) is 24.3 Å². The van der Waals surface area contributed by atoms with E-state index in [1.807, 2.05) is 22.9 Å². The molecule has 136 valence electrons. The summed E-state index contributed by atoms with van der Waals surface area (Å²) in [5.41, 5.74) is 3.96. The number of benzene rings is 1. The van der Waals surface area contributed by atoms with Gasteiger partial charge in [0.1, 0.15) is 11.9 Å². The molecule has 1 aliphatic heterocycles. The van der Waals surface area contributed by atoms with Gasteiger partial charge in [-0.25, -0.2) is 0 Å². The van der Waals surface area contributed by atoms with Crippen LogP contribution in [-0.2, 0) is 19.6 Å². The van der Waals surface area contributed by atoms with Crippen molar-refractivity contribution in [2.75, 3.05) is 13.2 Å². The molecular weight excluding hydrogens is 330 g/mol. The van der Waals surface area contributed by atoms with Crippen LogP contribution in [0.25, 0.3) is 11.3 Å². The maximum atomic E-state index is 9.81. The molecule has 0 spiro atoms. The highest BCUT2D eigenvalue weighted by molar-refractivity contribution is 5.57. The van der Waals surface area contributed by atoms with Crippen molar-refractivity contribution in [2.24, 2.45) is 0 Å². The summed E-state index contributed by atoms with van der Waals surface area (Å²) in [7, 11) is 0. The Morgan fingerprint density at radius 1 is 1.15 bits per heavy atom. The Morgan fingerprint density at radius 3 is 2.73 bits per heavy atom. The average Bonchev–Trinajstić information content (AvgIpc) is 3.29. The number of fused-ring (bicyclic) bond motifs is 1. The van der Waals surface area contributed by atoms with Crippen LogP contribution in [0.4, 0.5) is 0 Å². The first-order valence-corrected chi connectivity index (χ1v) is 8.93. The summed E-state index contributed by atoms with van der Waals surface area (Å²) in [6.45, 7) is 3.18. The van der Waals surface area contributed by atoms with E-state index in [9.17, 15) is 5.11 Å². The second-order valence-electron chi connectivity index (χ2n) is 6.72. The smallest absolute Gasteiger partial charge is 0.133 e. The van der Waals surface area contributed by atoms with E-state index in [0.29, 0.717) is 5.69 Å². The first kappa shape index (κ1) is 17.0. The lowest BCUT2D eigenvalue weighted by Gasteiger charge is -2.19. The van der Waals surface area contributed by atoms with E-state index in [0.717, 1.165) is 49.6 Å². The number of aryl methyl sites for hydroxylation is 1. The van der Waals surface area contributed by atoms with E-state index >= 15 is 0 Å². The Bertz CT molecular complexity index is 840. The number of hydrogen-bond acceptors (Lipinski definition) is 5. The molecule has 1 atom stereocenters. The molecule has 6 nitrogen and oxygen atoms in total. The van der Waals surface area contributed by atoms with Gasteiger partial charge >= 0.3 is 0 Å². The highest BCUT2D eigenvalue weighted by Gasteiger charge is 2.19. The molecule has 1 aliphatic rings. The van der Waals surface area contributed by atoms with Gasteiger partial charge in [0.2, 0.25) is 0 Å². The van der Waals surface area contributed by atoms with Crippen molar-refractivity contribution >= 4 is 0 Å². The summed E-state index contributed by atoms with van der Waals surface area (Å²) in [4.78, 5) is 2.39. The van der Waals surface area contributed by atoms with Crippen molar-refractivity contribution in [1.82, 2.24) is 14.7 Å². The van der Waals surface area contributed by atoms with E-state index in [1.165, 1.54) is 5.56 Å². The van der Waals surface area contributed by atoms with Crippen LogP contribution in [0.5, 0.6) is 0 Å². The highest BCUT2D eigenvalue weighted by atomic mass is 16.3. The molecule has 1 aromatic carbocycles. The molecule has 2 aromatic heterocycles. The van der Waals surface area contributed by atoms with Gasteiger partial charge in [0.15, 0.2) is 0 Å². The van der Waals surface area contributed by atoms with Gasteiger partial charge in [-0.15, -0.1) is 0 Å². The fourth-order valence-electron chi connectivity index (χ4n) is 3.42. The second-order valence-corrected chi connectivity index (χ2v) is 6.72. The minimum Gasteiger partial charge on any atom is -0.464 e. The topological polar surface area (TPSA) is 74.7 Å². The van der Waals surface area contributed by atoms with Gasteiger partial charge < -0.3 is 14.6 Å². The first-order valence-electron chi connectivity index (χ1n) is 8.93. The van der Waals surface area contributed by atoms with Crippen LogP contribution in [0.2, 0.25) is 0 Å². The summed E-state index contributed by atoms with van der Waals surface area (Å²) in [6.07, 6.45) is 1.79. The number of aliphatic hydroxyl groups is 2. The van der Waals surface area contributed by atoms with Crippen molar-refractivity contribution in [3.63, 3.8) is 0 Å². The van der Waals surface area contributed by atoms with Gasteiger partial charge in [-0.05, 0) is 30.2 Å². The standard InChI is InChI=1S/C20H23N3O3/c24-14-19(25)18-11-17-13-22(8-2-9-23(17)21-18)12-15-4-6-16(7-5-15)20-3-1-10-26-20/h1,3-7,10-11,19,24-25H,2,8-9,12-14H2. The van der Waals surface area contributed by atoms with Gasteiger partial charge in [0.25, 0.3) is 0 Å². The molecule has 0 saturated heterocycles. The SMILES string of the molecule is OCC(O)c1cc2n(n1)CCCN(Cc1ccc(-c3ccco3)cc1)C2. The molecule has 3 aromatic rings. The minimum atomic E-state index is -0.906. The molecule has 0 bridgehead atoms. The van der Waals surface area contributed by atoms with Crippen LogP contribution < -0.4 is 0 Å². The Balaban J connectivity index is 1.46. The summed E-state index contributed by atoms with van der Waals surface area (Å²) in [5.74, 6) is 0.880. The fraction of sp³-hybridized carbons (Fsp3) is 0.350. The van der Waals surface area contributed by atoms with Crippen molar-refractivity contribution in [3.05, 3.63) is 65.7 Å². The molecule has 4 rings (SSSR count). The first-order chi connectivity index (χ1) is 12.7. The van der Waals surface area contributed by atoms with Crippen LogP contribution in [0.3, 0.4) is 0 Å². The van der Waals surface area contributed by atoms with Crippen molar-refractivity contribution in [3.8, 4) is 11.3 Å². The third kappa shape index (κ3) is 3.58. The van der Waals surface area contributed by atoms with Crippen molar-refractivity contribution in [1.29, 1.82) is 0 Å². The maximum absolute atomic E-state index is 9.81. The molecule has 0 fully saturated rings. The minimum absolute atomic E-state index is 0.303. The lowest BCUT2D eigenvalue weighted by atomic mass is 10.1. The molecule has 0 aliphatic carbocycles. The summed E-state index contributed by atoms with van der Waals surface area (Å²) < 4.78 is 7.39. The predicted octanol–water partition coefficient (Wildman–Crippen LogP) is 2.57. The molecular formula is C20H23N3O3. The molecule has 26 heavy (non-hydrogen) atoms. The van der Waals surface area contributed by atoms with Gasteiger partial charge in [0, 0.05) is 31.7 Å². The monoisotopic (exact) mass is 353 g/mol. The molecule has 0 saturated carbocycles. The highest BCUT2D eigenvalue weighted by Crippen LogP contribution is 2.22. The van der Waals surface area contributed by atoms with E-state index in [4.69, 9.17) is 9.52 Å². The number of rotatable bonds is 5. The maximum Gasteiger partial charge on any atom is 0.133 e. The molecule has 1 unspecified atom stereocenters. The average molecular weight is 353 g/mol. The normalized spacial score (nSPS) is 16.2. The summed E-state index contributed by atoms with van der Waals surface area (Å²) >= 11 is 0. The number of aliphatic hydroxyl groups excluding tert-OH is 2. The van der Waals surface area contributed by atoms with Gasteiger partial charge in [0.05, 0.1) is 24.3 Å². The molecule has 6 heteroatoms. The zero-order valence-corrected chi connectivity index (χ0v) is 14.6. The van der Waals surface area contributed by atoms with E-state index in [2.05, 4.69) is 34.3 Å². The zero-order valence-electron chi connectivity index (χ0n) is 14.6. The number of nitrogens with zero attached hydrogens (tertiary/aromatic N) is 3. The zero-order chi connectivity index (χ0) is 17.9. The third-order valence-electron chi connectivity index (χ3n) is 4.79. The van der Waals surface area contributed by atoms with Crippen LogP contribution in [0.1, 0.15) is 29.5 Å². The van der Waals surface area contributed by atoms with E-state index < -0.39 is 6.10 Å². The lowest BCUT2D eigenvalue weighted by molar-refractivity contribution is 0.0916. The quantitative estimate of drug-likeness (QED) is 0.737. The number of hydrogen-bond donors (Lipinski definition) is 2. The largest absolute Gasteiger partial charge is 0.464 e. The van der Waals surface area contributed by atoms with E-state index in [1.54, 1.807) is 6.26 Å². The van der Waals surface area contributed by atoms with E-state index in [-0.39, 0.29) is 6.61 Å². The Hall–Kier alpha value is -2.41. The number of furan rings is 1. The lowest BCUT2D eigenvalue weighted by Crippen LogP contribution is -2.22. The van der Waals surface area contributed by atoms with Crippen molar-refractivity contribution in [2.45, 2.75) is 32.2 Å². The fourth-order valence-corrected chi connectivity index (χ4v) is 3.42. The molecule has 3 heterocycles.